The van der Waals surface area contributed by atoms with Crippen LogP contribution < -0.4 is 0 Å². The Morgan fingerprint density at radius 3 is 2.41 bits per heavy atom. The Morgan fingerprint density at radius 2 is 1.74 bits per heavy atom. The van der Waals surface area contributed by atoms with E-state index in [1.807, 2.05) is 26.0 Å². The fraction of sp³-hybridized carbons (Fsp3) is 0.333. The van der Waals surface area contributed by atoms with Gasteiger partial charge in [0.15, 0.2) is 5.78 Å². The van der Waals surface area contributed by atoms with Crippen LogP contribution in [0.5, 0.6) is 0 Å². The lowest BCUT2D eigenvalue weighted by molar-refractivity contribution is -0.384. The fourth-order valence-electron chi connectivity index (χ4n) is 3.18. The zero-order chi connectivity index (χ0) is 19.6. The summed E-state index contributed by atoms with van der Waals surface area (Å²) >= 11 is 0. The number of rotatable bonds is 7. The van der Waals surface area contributed by atoms with Crippen molar-refractivity contribution in [2.45, 2.75) is 33.1 Å². The van der Waals surface area contributed by atoms with Crippen LogP contribution in [0.3, 0.4) is 0 Å². The molecule has 6 heteroatoms. The lowest BCUT2D eigenvalue weighted by Crippen LogP contribution is -2.11. The highest BCUT2D eigenvalue weighted by atomic mass is 16.6. The molecule has 0 heterocycles. The van der Waals surface area contributed by atoms with Gasteiger partial charge in [0.05, 0.1) is 18.0 Å². The van der Waals surface area contributed by atoms with Gasteiger partial charge in [0.1, 0.15) is 0 Å². The SMILES string of the molecule is CC(C)COC(=O)CCC(=O)c1ccc2c(c1)Cc1cc([N+](=O)[O-])ccc1-2. The zero-order valence-corrected chi connectivity index (χ0v) is 15.4. The van der Waals surface area contributed by atoms with Crippen molar-refractivity contribution in [2.24, 2.45) is 5.92 Å². The molecule has 2 aromatic rings. The maximum atomic E-state index is 12.4. The topological polar surface area (TPSA) is 86.5 Å². The first-order valence-corrected chi connectivity index (χ1v) is 8.94. The molecule has 6 nitrogen and oxygen atoms in total. The Labute approximate surface area is 157 Å². The molecule has 3 rings (SSSR count). The van der Waals surface area contributed by atoms with Gasteiger partial charge in [-0.2, -0.15) is 0 Å². The number of nitro groups is 1. The van der Waals surface area contributed by atoms with Crippen LogP contribution in [-0.4, -0.2) is 23.3 Å². The van der Waals surface area contributed by atoms with Crippen LogP contribution >= 0.6 is 0 Å². The molecule has 1 aliphatic carbocycles. The second-order valence-corrected chi connectivity index (χ2v) is 7.15. The number of non-ortho nitro benzene ring substituents is 1. The molecule has 140 valence electrons. The Bertz CT molecular complexity index is 917. The normalized spacial score (nSPS) is 11.8. The number of hydrogen-bond donors (Lipinski definition) is 0. The number of esters is 1. The smallest absolute Gasteiger partial charge is 0.306 e. The summed E-state index contributed by atoms with van der Waals surface area (Å²) in [5.41, 5.74) is 4.44. The third-order valence-electron chi connectivity index (χ3n) is 4.53. The van der Waals surface area contributed by atoms with Crippen LogP contribution in [0.1, 0.15) is 48.2 Å². The summed E-state index contributed by atoms with van der Waals surface area (Å²) < 4.78 is 5.09. The quantitative estimate of drug-likeness (QED) is 0.268. The fourth-order valence-corrected chi connectivity index (χ4v) is 3.18. The summed E-state index contributed by atoms with van der Waals surface area (Å²) in [7, 11) is 0. The van der Waals surface area contributed by atoms with E-state index in [1.165, 1.54) is 6.07 Å². The molecule has 0 unspecified atom stereocenters. The van der Waals surface area contributed by atoms with Gasteiger partial charge in [-0.1, -0.05) is 26.0 Å². The molecular weight excluding hydrogens is 346 g/mol. The summed E-state index contributed by atoms with van der Waals surface area (Å²) in [6, 6.07) is 10.3. The van der Waals surface area contributed by atoms with Gasteiger partial charge in [0, 0.05) is 24.1 Å². The molecule has 0 atom stereocenters. The summed E-state index contributed by atoms with van der Waals surface area (Å²) in [6.45, 7) is 4.27. The number of ether oxygens (including phenoxy) is 1. The Kier molecular flexibility index (Phi) is 5.35. The molecule has 0 amide bonds. The van der Waals surface area contributed by atoms with E-state index in [9.17, 15) is 19.7 Å². The van der Waals surface area contributed by atoms with Crippen molar-refractivity contribution >= 4 is 17.4 Å². The maximum Gasteiger partial charge on any atom is 0.306 e. The average molecular weight is 367 g/mol. The van der Waals surface area contributed by atoms with Gasteiger partial charge in [0.25, 0.3) is 5.69 Å². The third kappa shape index (κ3) is 4.22. The van der Waals surface area contributed by atoms with Crippen molar-refractivity contribution in [1.82, 2.24) is 0 Å². The highest BCUT2D eigenvalue weighted by molar-refractivity contribution is 5.98. The summed E-state index contributed by atoms with van der Waals surface area (Å²) in [5.74, 6) is -0.210. The third-order valence-corrected chi connectivity index (χ3v) is 4.53. The summed E-state index contributed by atoms with van der Waals surface area (Å²) in [4.78, 5) is 34.6. The highest BCUT2D eigenvalue weighted by Gasteiger charge is 2.22. The number of fused-ring (bicyclic) bond motifs is 3. The van der Waals surface area contributed by atoms with E-state index in [-0.39, 0.29) is 36.2 Å². The van der Waals surface area contributed by atoms with Gasteiger partial charge in [-0.3, -0.25) is 19.7 Å². The van der Waals surface area contributed by atoms with Crippen molar-refractivity contribution in [2.75, 3.05) is 6.61 Å². The van der Waals surface area contributed by atoms with Gasteiger partial charge in [-0.25, -0.2) is 0 Å². The lowest BCUT2D eigenvalue weighted by Gasteiger charge is -2.07. The van der Waals surface area contributed by atoms with Gasteiger partial charge >= 0.3 is 5.97 Å². The first kappa shape index (κ1) is 18.8. The van der Waals surface area contributed by atoms with Crippen LogP contribution in [0.2, 0.25) is 0 Å². The second-order valence-electron chi connectivity index (χ2n) is 7.15. The molecule has 0 saturated heterocycles. The van der Waals surface area contributed by atoms with Crippen molar-refractivity contribution < 1.29 is 19.2 Å². The average Bonchev–Trinajstić information content (AvgIpc) is 3.01. The molecule has 0 spiro atoms. The molecule has 0 fully saturated rings. The van der Waals surface area contributed by atoms with Crippen LogP contribution in [0, 0.1) is 16.0 Å². The number of Topliss-reactive ketones (excluding diaryl/α,β-unsaturated/α-hetero) is 1. The largest absolute Gasteiger partial charge is 0.465 e. The Balaban J connectivity index is 1.68. The molecule has 0 aromatic heterocycles. The van der Waals surface area contributed by atoms with Gasteiger partial charge in [-0.15, -0.1) is 0 Å². The number of ketones is 1. The van der Waals surface area contributed by atoms with E-state index >= 15 is 0 Å². The van der Waals surface area contributed by atoms with Crippen LogP contribution in [-0.2, 0) is 16.0 Å². The zero-order valence-electron chi connectivity index (χ0n) is 15.4. The lowest BCUT2D eigenvalue weighted by atomic mass is 10.00. The first-order chi connectivity index (χ1) is 12.8. The van der Waals surface area contributed by atoms with E-state index in [2.05, 4.69) is 0 Å². The van der Waals surface area contributed by atoms with Crippen molar-refractivity contribution in [1.29, 1.82) is 0 Å². The van der Waals surface area contributed by atoms with Gasteiger partial charge in [-0.05, 0) is 46.7 Å². The van der Waals surface area contributed by atoms with Crippen molar-refractivity contribution in [3.05, 3.63) is 63.2 Å². The standard InChI is InChI=1S/C21H21NO5/c1-13(2)12-27-21(24)8-7-20(23)14-3-5-18-15(9-14)10-16-11-17(22(25)26)4-6-19(16)18/h3-6,9,11,13H,7-8,10,12H2,1-2H3. The monoisotopic (exact) mass is 367 g/mol. The number of carbonyl (C=O) groups is 2. The summed E-state index contributed by atoms with van der Waals surface area (Å²) in [5, 5.41) is 11.0. The van der Waals surface area contributed by atoms with Crippen molar-refractivity contribution in [3.8, 4) is 11.1 Å². The van der Waals surface area contributed by atoms with E-state index < -0.39 is 4.92 Å². The minimum Gasteiger partial charge on any atom is -0.465 e. The number of benzene rings is 2. The van der Waals surface area contributed by atoms with Crippen molar-refractivity contribution in [3.63, 3.8) is 0 Å². The van der Waals surface area contributed by atoms with E-state index in [1.54, 1.807) is 18.2 Å². The second kappa shape index (κ2) is 7.70. The number of hydrogen-bond acceptors (Lipinski definition) is 5. The first-order valence-electron chi connectivity index (χ1n) is 8.94. The van der Waals surface area contributed by atoms with E-state index in [4.69, 9.17) is 4.74 Å². The molecule has 0 bridgehead atoms. The molecule has 2 aromatic carbocycles. The molecule has 0 saturated carbocycles. The minimum absolute atomic E-state index is 0.0645. The van der Waals surface area contributed by atoms with E-state index in [0.29, 0.717) is 18.6 Å². The number of carbonyl (C=O) groups excluding carboxylic acids is 2. The molecule has 0 N–H and O–H groups in total. The predicted octanol–water partition coefficient (Wildman–Crippen LogP) is 4.33. The maximum absolute atomic E-state index is 12.4. The number of nitro benzene ring substituents is 1. The van der Waals surface area contributed by atoms with Crippen LogP contribution in [0.15, 0.2) is 36.4 Å². The van der Waals surface area contributed by atoms with Crippen LogP contribution in [0.25, 0.3) is 11.1 Å². The minimum atomic E-state index is -0.406. The Hall–Kier alpha value is -3.02. The number of nitrogens with zero attached hydrogens (tertiary/aromatic N) is 1. The molecule has 1 aliphatic rings. The molecule has 0 radical (unpaired) electrons. The molecule has 0 aliphatic heterocycles. The predicted molar refractivity (Wildman–Crippen MR) is 101 cm³/mol. The van der Waals surface area contributed by atoms with Gasteiger partial charge < -0.3 is 4.74 Å². The Morgan fingerprint density at radius 1 is 1.07 bits per heavy atom. The van der Waals surface area contributed by atoms with E-state index in [0.717, 1.165) is 22.3 Å². The summed E-state index contributed by atoms with van der Waals surface area (Å²) in [6.07, 6.45) is 0.729. The van der Waals surface area contributed by atoms with Gasteiger partial charge in [0.2, 0.25) is 0 Å². The molecule has 27 heavy (non-hydrogen) atoms. The van der Waals surface area contributed by atoms with Crippen LogP contribution in [0.4, 0.5) is 5.69 Å². The molecular formula is C21H21NO5. The highest BCUT2D eigenvalue weighted by Crippen LogP contribution is 2.38.